The molecule has 1 aromatic rings. The summed E-state index contributed by atoms with van der Waals surface area (Å²) in [4.78, 5) is 0.237. The average Bonchev–Trinajstić information content (AvgIpc) is 2.39. The molecule has 0 aromatic heterocycles. The fraction of sp³-hybridized carbons (Fsp3) is 0.462. The van der Waals surface area contributed by atoms with Crippen LogP contribution < -0.4 is 5.32 Å². The molecule has 2 rings (SSSR count). The van der Waals surface area contributed by atoms with Gasteiger partial charge in [-0.05, 0) is 31.5 Å². The lowest BCUT2D eigenvalue weighted by molar-refractivity contribution is 0.310. The summed E-state index contributed by atoms with van der Waals surface area (Å²) in [5.74, 6) is 0. The Morgan fingerprint density at radius 1 is 1.47 bits per heavy atom. The maximum absolute atomic E-state index is 12.6. The normalized spacial score (nSPS) is 21.0. The molecule has 1 saturated heterocycles. The fourth-order valence-corrected chi connectivity index (χ4v) is 3.98. The van der Waals surface area contributed by atoms with Crippen LogP contribution in [0, 0.1) is 18.3 Å². The molecule has 0 bridgehead atoms. The van der Waals surface area contributed by atoms with Gasteiger partial charge in [-0.25, -0.2) is 8.42 Å². The summed E-state index contributed by atoms with van der Waals surface area (Å²) in [5.41, 5.74) is 1.04. The molecule has 0 saturated carbocycles. The van der Waals surface area contributed by atoms with Crippen molar-refractivity contribution in [3.8, 4) is 6.07 Å². The Kier molecular flexibility index (Phi) is 3.90. The molecule has 0 spiro atoms. The predicted octanol–water partition coefficient (Wildman–Crippen LogP) is 0.849. The Morgan fingerprint density at radius 2 is 2.21 bits per heavy atom. The topological polar surface area (TPSA) is 73.2 Å². The van der Waals surface area contributed by atoms with E-state index in [-0.39, 0.29) is 10.9 Å². The van der Waals surface area contributed by atoms with E-state index in [0.29, 0.717) is 30.8 Å². The number of benzene rings is 1. The molecule has 1 aromatic carbocycles. The van der Waals surface area contributed by atoms with Crippen LogP contribution in [0.1, 0.15) is 18.1 Å². The summed E-state index contributed by atoms with van der Waals surface area (Å²) in [6.07, 6.45) is 0. The first-order valence-corrected chi connectivity index (χ1v) is 7.63. The van der Waals surface area contributed by atoms with Crippen LogP contribution in [0.5, 0.6) is 0 Å². The second-order valence-corrected chi connectivity index (χ2v) is 6.72. The summed E-state index contributed by atoms with van der Waals surface area (Å²) < 4.78 is 26.7. The van der Waals surface area contributed by atoms with Crippen LogP contribution in [0.25, 0.3) is 0 Å². The molecule has 1 heterocycles. The van der Waals surface area contributed by atoms with Crippen LogP contribution in [0.3, 0.4) is 0 Å². The van der Waals surface area contributed by atoms with Gasteiger partial charge in [0.15, 0.2) is 0 Å². The molecule has 19 heavy (non-hydrogen) atoms. The van der Waals surface area contributed by atoms with Gasteiger partial charge in [-0.1, -0.05) is 6.07 Å². The molecule has 0 unspecified atom stereocenters. The van der Waals surface area contributed by atoms with Crippen molar-refractivity contribution in [3.05, 3.63) is 29.3 Å². The summed E-state index contributed by atoms with van der Waals surface area (Å²) in [6.45, 7) is 5.28. The first-order valence-electron chi connectivity index (χ1n) is 6.19. The zero-order valence-corrected chi connectivity index (χ0v) is 11.9. The van der Waals surface area contributed by atoms with Gasteiger partial charge in [0.2, 0.25) is 10.0 Å². The van der Waals surface area contributed by atoms with Crippen molar-refractivity contribution in [3.63, 3.8) is 0 Å². The monoisotopic (exact) mass is 279 g/mol. The van der Waals surface area contributed by atoms with Gasteiger partial charge in [0.05, 0.1) is 16.5 Å². The number of rotatable bonds is 2. The summed E-state index contributed by atoms with van der Waals surface area (Å²) >= 11 is 0. The average molecular weight is 279 g/mol. The summed E-state index contributed by atoms with van der Waals surface area (Å²) in [7, 11) is -3.52. The lowest BCUT2D eigenvalue weighted by atomic mass is 10.2. The van der Waals surface area contributed by atoms with Gasteiger partial charge in [-0.2, -0.15) is 9.57 Å². The molecule has 1 N–H and O–H groups in total. The molecule has 1 aliphatic heterocycles. The standard InChI is InChI=1S/C13H17N3O2S/c1-10-3-4-12(8-14)7-13(10)19(17,18)16-6-5-15-11(2)9-16/h3-4,7,11,15H,5-6,9H2,1-2H3/t11-/m0/s1. The number of piperazine rings is 1. The second kappa shape index (κ2) is 5.29. The van der Waals surface area contributed by atoms with Gasteiger partial charge in [0.25, 0.3) is 0 Å². The highest BCUT2D eigenvalue weighted by atomic mass is 32.2. The van der Waals surface area contributed by atoms with Crippen LogP contribution in [0.2, 0.25) is 0 Å². The van der Waals surface area contributed by atoms with Crippen molar-refractivity contribution in [2.75, 3.05) is 19.6 Å². The number of sulfonamides is 1. The number of nitriles is 1. The Morgan fingerprint density at radius 3 is 2.84 bits per heavy atom. The smallest absolute Gasteiger partial charge is 0.243 e. The highest BCUT2D eigenvalue weighted by Crippen LogP contribution is 2.22. The van der Waals surface area contributed by atoms with E-state index in [4.69, 9.17) is 5.26 Å². The number of nitrogens with zero attached hydrogens (tertiary/aromatic N) is 2. The van der Waals surface area contributed by atoms with Gasteiger partial charge in [-0.15, -0.1) is 0 Å². The minimum Gasteiger partial charge on any atom is -0.312 e. The van der Waals surface area contributed by atoms with Gasteiger partial charge in [-0.3, -0.25) is 0 Å². The molecule has 1 atom stereocenters. The Bertz CT molecular complexity index is 619. The minimum atomic E-state index is -3.52. The predicted molar refractivity (Wildman–Crippen MR) is 72.1 cm³/mol. The van der Waals surface area contributed by atoms with Crippen molar-refractivity contribution >= 4 is 10.0 Å². The quantitative estimate of drug-likeness (QED) is 0.871. The van der Waals surface area contributed by atoms with E-state index in [9.17, 15) is 8.42 Å². The number of hydrogen-bond donors (Lipinski definition) is 1. The highest BCUT2D eigenvalue weighted by Gasteiger charge is 2.29. The molecular formula is C13H17N3O2S. The first-order chi connectivity index (χ1) is 8.95. The zero-order chi connectivity index (χ0) is 14.0. The van der Waals surface area contributed by atoms with Gasteiger partial charge in [0, 0.05) is 25.7 Å². The molecule has 6 heteroatoms. The van der Waals surface area contributed by atoms with Crippen molar-refractivity contribution in [1.29, 1.82) is 5.26 Å². The molecule has 102 valence electrons. The molecule has 1 fully saturated rings. The van der Waals surface area contributed by atoms with Gasteiger partial charge < -0.3 is 5.32 Å². The fourth-order valence-electron chi connectivity index (χ4n) is 2.20. The van der Waals surface area contributed by atoms with Crippen LogP contribution in [-0.4, -0.2) is 38.4 Å². The van der Waals surface area contributed by atoms with Crippen LogP contribution in [0.15, 0.2) is 23.1 Å². The zero-order valence-electron chi connectivity index (χ0n) is 11.0. The van der Waals surface area contributed by atoms with E-state index in [0.717, 1.165) is 0 Å². The Labute approximate surface area is 113 Å². The van der Waals surface area contributed by atoms with E-state index < -0.39 is 10.0 Å². The Balaban J connectivity index is 2.42. The van der Waals surface area contributed by atoms with Gasteiger partial charge >= 0.3 is 0 Å². The summed E-state index contributed by atoms with van der Waals surface area (Å²) in [6, 6.07) is 6.89. The molecule has 0 amide bonds. The van der Waals surface area contributed by atoms with Gasteiger partial charge in [0.1, 0.15) is 0 Å². The first kappa shape index (κ1) is 14.0. The van der Waals surface area contributed by atoms with Crippen molar-refractivity contribution in [2.24, 2.45) is 0 Å². The molecule has 0 radical (unpaired) electrons. The maximum Gasteiger partial charge on any atom is 0.243 e. The molecule has 0 aliphatic carbocycles. The number of hydrogen-bond acceptors (Lipinski definition) is 4. The second-order valence-electron chi connectivity index (χ2n) is 4.81. The SMILES string of the molecule is Cc1ccc(C#N)cc1S(=O)(=O)N1CCN[C@@H](C)C1. The molecule has 1 aliphatic rings. The Hall–Kier alpha value is -1.42. The number of nitrogens with one attached hydrogen (secondary N) is 1. The third kappa shape index (κ3) is 2.78. The van der Waals surface area contributed by atoms with Crippen molar-refractivity contribution in [1.82, 2.24) is 9.62 Å². The van der Waals surface area contributed by atoms with Crippen LogP contribution in [-0.2, 0) is 10.0 Å². The third-order valence-electron chi connectivity index (χ3n) is 3.27. The minimum absolute atomic E-state index is 0.142. The largest absolute Gasteiger partial charge is 0.312 e. The molecular weight excluding hydrogens is 262 g/mol. The number of aryl methyl sites for hydroxylation is 1. The van der Waals surface area contributed by atoms with Crippen molar-refractivity contribution < 1.29 is 8.42 Å². The van der Waals surface area contributed by atoms with E-state index in [1.807, 2.05) is 13.0 Å². The summed E-state index contributed by atoms with van der Waals surface area (Å²) in [5, 5.41) is 12.1. The highest BCUT2D eigenvalue weighted by molar-refractivity contribution is 7.89. The van der Waals surface area contributed by atoms with Crippen LogP contribution >= 0.6 is 0 Å². The third-order valence-corrected chi connectivity index (χ3v) is 5.27. The van der Waals surface area contributed by atoms with Crippen molar-refractivity contribution in [2.45, 2.75) is 24.8 Å². The lowest BCUT2D eigenvalue weighted by Gasteiger charge is -2.31. The molecule has 5 nitrogen and oxygen atoms in total. The van der Waals surface area contributed by atoms with E-state index >= 15 is 0 Å². The van der Waals surface area contributed by atoms with E-state index in [2.05, 4.69) is 5.32 Å². The lowest BCUT2D eigenvalue weighted by Crippen LogP contribution is -2.51. The van der Waals surface area contributed by atoms with E-state index in [1.165, 1.54) is 10.4 Å². The maximum atomic E-state index is 12.6. The van der Waals surface area contributed by atoms with Crippen LogP contribution in [0.4, 0.5) is 0 Å². The van der Waals surface area contributed by atoms with E-state index in [1.54, 1.807) is 19.1 Å².